The van der Waals surface area contributed by atoms with Gasteiger partial charge in [-0.2, -0.15) is 5.10 Å². The van der Waals surface area contributed by atoms with Crippen molar-refractivity contribution >= 4 is 0 Å². The molecular formula is C16H29N3O. The van der Waals surface area contributed by atoms with Crippen LogP contribution < -0.4 is 5.32 Å². The van der Waals surface area contributed by atoms with E-state index in [9.17, 15) is 0 Å². The number of aryl methyl sites for hydroxylation is 1. The number of rotatable bonds is 4. The first kappa shape index (κ1) is 15.5. The third kappa shape index (κ3) is 4.06. The van der Waals surface area contributed by atoms with E-state index in [0.717, 1.165) is 44.8 Å². The molecule has 1 aliphatic heterocycles. The molecule has 0 aliphatic carbocycles. The summed E-state index contributed by atoms with van der Waals surface area (Å²) in [7, 11) is 0. The maximum atomic E-state index is 5.43. The summed E-state index contributed by atoms with van der Waals surface area (Å²) in [4.78, 5) is 0. The van der Waals surface area contributed by atoms with Crippen molar-refractivity contribution in [3.63, 3.8) is 0 Å². The standard InChI is InChI=1S/C16H29N3O/c1-12-15(10-17-16(3,4)5)13(2)19(18-12)11-14-6-8-20-9-7-14/h14,17H,6-11H2,1-5H3. The van der Waals surface area contributed by atoms with E-state index in [2.05, 4.69) is 44.6 Å². The summed E-state index contributed by atoms with van der Waals surface area (Å²) in [5, 5.41) is 8.30. The molecule has 1 aromatic rings. The number of ether oxygens (including phenoxy) is 1. The second kappa shape index (κ2) is 6.27. The molecule has 2 heterocycles. The number of aromatic nitrogens is 2. The third-order valence-corrected chi connectivity index (χ3v) is 4.10. The van der Waals surface area contributed by atoms with Gasteiger partial charge >= 0.3 is 0 Å². The number of hydrogen-bond acceptors (Lipinski definition) is 3. The Morgan fingerprint density at radius 1 is 1.25 bits per heavy atom. The van der Waals surface area contributed by atoms with Crippen LogP contribution in [0.25, 0.3) is 0 Å². The van der Waals surface area contributed by atoms with Crippen LogP contribution in [0.3, 0.4) is 0 Å². The first-order chi connectivity index (χ1) is 9.37. The van der Waals surface area contributed by atoms with Crippen LogP contribution in [0.1, 0.15) is 50.6 Å². The van der Waals surface area contributed by atoms with Gasteiger partial charge in [-0.05, 0) is 53.4 Å². The maximum absolute atomic E-state index is 5.43. The highest BCUT2D eigenvalue weighted by atomic mass is 16.5. The molecule has 0 atom stereocenters. The highest BCUT2D eigenvalue weighted by molar-refractivity contribution is 5.24. The van der Waals surface area contributed by atoms with Gasteiger partial charge in [-0.15, -0.1) is 0 Å². The Kier molecular flexibility index (Phi) is 4.86. The van der Waals surface area contributed by atoms with Gasteiger partial charge in [0.1, 0.15) is 0 Å². The zero-order valence-corrected chi connectivity index (χ0v) is 13.6. The molecule has 0 spiro atoms. The predicted octanol–water partition coefficient (Wildman–Crippen LogP) is 2.81. The van der Waals surface area contributed by atoms with Crippen LogP contribution in [0, 0.1) is 19.8 Å². The van der Waals surface area contributed by atoms with Crippen LogP contribution in [0.15, 0.2) is 0 Å². The lowest BCUT2D eigenvalue weighted by Gasteiger charge is -2.23. The summed E-state index contributed by atoms with van der Waals surface area (Å²) >= 11 is 0. The molecule has 2 rings (SSSR count). The lowest BCUT2D eigenvalue weighted by molar-refractivity contribution is 0.0599. The van der Waals surface area contributed by atoms with E-state index in [-0.39, 0.29) is 5.54 Å². The molecule has 1 aliphatic rings. The molecular weight excluding hydrogens is 250 g/mol. The third-order valence-electron chi connectivity index (χ3n) is 4.10. The van der Waals surface area contributed by atoms with Crippen molar-refractivity contribution < 1.29 is 4.74 Å². The first-order valence-corrected chi connectivity index (χ1v) is 7.72. The lowest BCUT2D eigenvalue weighted by atomic mass is 10.0. The smallest absolute Gasteiger partial charge is 0.0641 e. The number of nitrogens with zero attached hydrogens (tertiary/aromatic N) is 2. The molecule has 4 nitrogen and oxygen atoms in total. The van der Waals surface area contributed by atoms with Crippen molar-refractivity contribution in [2.24, 2.45) is 5.92 Å². The monoisotopic (exact) mass is 279 g/mol. The molecule has 0 aromatic carbocycles. The Morgan fingerprint density at radius 2 is 1.90 bits per heavy atom. The van der Waals surface area contributed by atoms with Gasteiger partial charge in [0.05, 0.1) is 5.69 Å². The van der Waals surface area contributed by atoms with Crippen LogP contribution in [-0.2, 0) is 17.8 Å². The van der Waals surface area contributed by atoms with Crippen LogP contribution in [0.4, 0.5) is 0 Å². The van der Waals surface area contributed by atoms with Gasteiger partial charge in [0.25, 0.3) is 0 Å². The van der Waals surface area contributed by atoms with Crippen molar-refractivity contribution in [3.8, 4) is 0 Å². The Balaban J connectivity index is 2.03. The highest BCUT2D eigenvalue weighted by Crippen LogP contribution is 2.20. The molecule has 114 valence electrons. The van der Waals surface area contributed by atoms with E-state index in [1.165, 1.54) is 11.3 Å². The van der Waals surface area contributed by atoms with Gasteiger partial charge in [-0.1, -0.05) is 0 Å². The van der Waals surface area contributed by atoms with E-state index >= 15 is 0 Å². The number of hydrogen-bond donors (Lipinski definition) is 1. The molecule has 1 fully saturated rings. The second-order valence-corrected chi connectivity index (χ2v) is 6.99. The Bertz CT molecular complexity index is 439. The van der Waals surface area contributed by atoms with E-state index in [4.69, 9.17) is 9.84 Å². The molecule has 20 heavy (non-hydrogen) atoms. The minimum atomic E-state index is 0.141. The molecule has 0 bridgehead atoms. The molecule has 0 radical (unpaired) electrons. The lowest BCUT2D eigenvalue weighted by Crippen LogP contribution is -2.35. The summed E-state index contributed by atoms with van der Waals surface area (Å²) in [5.41, 5.74) is 3.96. The van der Waals surface area contributed by atoms with Crippen LogP contribution in [0.5, 0.6) is 0 Å². The Hall–Kier alpha value is -0.870. The maximum Gasteiger partial charge on any atom is 0.0641 e. The van der Waals surface area contributed by atoms with Gasteiger partial charge in [-0.25, -0.2) is 0 Å². The largest absolute Gasteiger partial charge is 0.381 e. The zero-order valence-electron chi connectivity index (χ0n) is 13.6. The summed E-state index contributed by atoms with van der Waals surface area (Å²) < 4.78 is 7.63. The van der Waals surface area contributed by atoms with E-state index in [1.807, 2.05) is 0 Å². The predicted molar refractivity (Wildman–Crippen MR) is 81.8 cm³/mol. The minimum Gasteiger partial charge on any atom is -0.381 e. The van der Waals surface area contributed by atoms with Crippen molar-refractivity contribution in [2.75, 3.05) is 13.2 Å². The summed E-state index contributed by atoms with van der Waals surface area (Å²) in [6, 6.07) is 0. The van der Waals surface area contributed by atoms with Gasteiger partial charge in [0.2, 0.25) is 0 Å². The summed E-state index contributed by atoms with van der Waals surface area (Å²) in [6.07, 6.45) is 2.32. The van der Waals surface area contributed by atoms with Crippen molar-refractivity contribution in [3.05, 3.63) is 17.0 Å². The summed E-state index contributed by atoms with van der Waals surface area (Å²) in [5.74, 6) is 0.713. The Morgan fingerprint density at radius 3 is 2.50 bits per heavy atom. The normalized spacial score (nSPS) is 17.6. The van der Waals surface area contributed by atoms with Gasteiger partial charge in [0.15, 0.2) is 0 Å². The zero-order chi connectivity index (χ0) is 14.8. The van der Waals surface area contributed by atoms with Crippen molar-refractivity contribution in [1.29, 1.82) is 0 Å². The summed E-state index contributed by atoms with van der Waals surface area (Å²) in [6.45, 7) is 14.6. The molecule has 1 saturated heterocycles. The quantitative estimate of drug-likeness (QED) is 0.921. The fourth-order valence-electron chi connectivity index (χ4n) is 2.69. The van der Waals surface area contributed by atoms with Gasteiger partial charge in [-0.3, -0.25) is 4.68 Å². The van der Waals surface area contributed by atoms with Crippen LogP contribution >= 0.6 is 0 Å². The second-order valence-electron chi connectivity index (χ2n) is 6.99. The average molecular weight is 279 g/mol. The van der Waals surface area contributed by atoms with E-state index < -0.39 is 0 Å². The molecule has 1 aromatic heterocycles. The Labute approximate surface area is 122 Å². The van der Waals surface area contributed by atoms with Crippen molar-refractivity contribution in [2.45, 2.75) is 66.1 Å². The fourth-order valence-corrected chi connectivity index (χ4v) is 2.69. The number of nitrogens with one attached hydrogen (secondary N) is 1. The topological polar surface area (TPSA) is 39.1 Å². The fraction of sp³-hybridized carbons (Fsp3) is 0.812. The van der Waals surface area contributed by atoms with E-state index in [0.29, 0.717) is 5.92 Å². The van der Waals surface area contributed by atoms with E-state index in [1.54, 1.807) is 0 Å². The van der Waals surface area contributed by atoms with Gasteiger partial charge < -0.3 is 10.1 Å². The van der Waals surface area contributed by atoms with Crippen molar-refractivity contribution in [1.82, 2.24) is 15.1 Å². The molecule has 1 N–H and O–H groups in total. The molecule has 0 unspecified atom stereocenters. The SMILES string of the molecule is Cc1nn(CC2CCOCC2)c(C)c1CNC(C)(C)C. The highest BCUT2D eigenvalue weighted by Gasteiger charge is 2.19. The van der Waals surface area contributed by atoms with Gasteiger partial charge in [0, 0.05) is 43.1 Å². The first-order valence-electron chi connectivity index (χ1n) is 7.72. The molecule has 4 heteroatoms. The van der Waals surface area contributed by atoms with Crippen LogP contribution in [-0.4, -0.2) is 28.5 Å². The molecule has 0 amide bonds. The molecule has 0 saturated carbocycles. The van der Waals surface area contributed by atoms with Crippen LogP contribution in [0.2, 0.25) is 0 Å². The minimum absolute atomic E-state index is 0.141. The average Bonchev–Trinajstić information content (AvgIpc) is 2.63.